The minimum absolute atomic E-state index is 0.116. The van der Waals surface area contributed by atoms with E-state index in [2.05, 4.69) is 24.1 Å². The molecule has 1 saturated heterocycles. The van der Waals surface area contributed by atoms with Crippen LogP contribution in [0.1, 0.15) is 44.5 Å². The van der Waals surface area contributed by atoms with Crippen molar-refractivity contribution in [1.29, 1.82) is 0 Å². The highest BCUT2D eigenvalue weighted by atomic mass is 16.3. The number of hydrogen-bond acceptors (Lipinski definition) is 3. The van der Waals surface area contributed by atoms with Gasteiger partial charge in [-0.15, -0.1) is 0 Å². The number of piperidine rings is 1. The first-order chi connectivity index (χ1) is 10.4. The first-order valence-corrected chi connectivity index (χ1v) is 8.05. The molecule has 122 valence electrons. The molecule has 3 atom stereocenters. The second-order valence-electron chi connectivity index (χ2n) is 6.66. The monoisotopic (exact) mass is 305 g/mol. The minimum atomic E-state index is -0.436. The van der Waals surface area contributed by atoms with E-state index < -0.39 is 6.10 Å². The molecule has 2 N–H and O–H groups in total. The quantitative estimate of drug-likeness (QED) is 0.901. The van der Waals surface area contributed by atoms with Crippen molar-refractivity contribution < 1.29 is 9.90 Å². The minimum Gasteiger partial charge on any atom is -0.391 e. The Balaban J connectivity index is 2.09. The maximum atomic E-state index is 12.5. The molecule has 3 unspecified atom stereocenters. The third-order valence-corrected chi connectivity index (χ3v) is 4.50. The second-order valence-corrected chi connectivity index (χ2v) is 6.66. The summed E-state index contributed by atoms with van der Waals surface area (Å²) in [5.41, 5.74) is 1.99. The van der Waals surface area contributed by atoms with Crippen molar-refractivity contribution in [3.63, 3.8) is 0 Å². The van der Waals surface area contributed by atoms with Crippen LogP contribution in [0.5, 0.6) is 0 Å². The summed E-state index contributed by atoms with van der Waals surface area (Å²) < 4.78 is 0. The van der Waals surface area contributed by atoms with Crippen molar-refractivity contribution >= 4 is 6.03 Å². The molecule has 0 aliphatic carbocycles. The fraction of sp³-hybridized carbons (Fsp3) is 0.647. The van der Waals surface area contributed by atoms with E-state index in [1.54, 1.807) is 11.1 Å². The first-order valence-electron chi connectivity index (χ1n) is 8.05. The van der Waals surface area contributed by atoms with Gasteiger partial charge in [0.15, 0.2) is 0 Å². The van der Waals surface area contributed by atoms with E-state index in [0.29, 0.717) is 13.1 Å². The first kappa shape index (κ1) is 16.7. The molecule has 0 spiro atoms. The Kier molecular flexibility index (Phi) is 5.40. The van der Waals surface area contributed by atoms with Crippen molar-refractivity contribution in [3.8, 4) is 0 Å². The number of nitrogens with one attached hydrogen (secondary N) is 1. The topological polar surface area (TPSA) is 65.5 Å². The fourth-order valence-corrected chi connectivity index (χ4v) is 2.83. The van der Waals surface area contributed by atoms with Crippen LogP contribution in [0.2, 0.25) is 0 Å². The number of β-amino-alcohol motifs (C(OH)–C–C–N with tert-alkyl or cyclic N) is 1. The van der Waals surface area contributed by atoms with Gasteiger partial charge < -0.3 is 15.3 Å². The van der Waals surface area contributed by atoms with Crippen LogP contribution in [-0.4, -0.2) is 40.2 Å². The molecule has 5 heteroatoms. The molecule has 1 aromatic heterocycles. The Labute approximate surface area is 132 Å². The highest BCUT2D eigenvalue weighted by Gasteiger charge is 2.29. The van der Waals surface area contributed by atoms with Crippen molar-refractivity contribution in [2.24, 2.45) is 11.8 Å². The normalized spacial score (nSPS) is 23.5. The van der Waals surface area contributed by atoms with Crippen LogP contribution in [0.3, 0.4) is 0 Å². The van der Waals surface area contributed by atoms with Crippen LogP contribution >= 0.6 is 0 Å². The number of nitrogens with zero attached hydrogens (tertiary/aromatic N) is 2. The number of aryl methyl sites for hydroxylation is 1. The number of pyridine rings is 1. The highest BCUT2D eigenvalue weighted by Crippen LogP contribution is 2.24. The maximum absolute atomic E-state index is 12.5. The third-order valence-electron chi connectivity index (χ3n) is 4.50. The van der Waals surface area contributed by atoms with Gasteiger partial charge in [0.25, 0.3) is 0 Å². The summed E-state index contributed by atoms with van der Waals surface area (Å²) in [6, 6.07) is 3.68. The summed E-state index contributed by atoms with van der Waals surface area (Å²) in [6.07, 6.45) is 2.16. The number of carbonyl (C=O) groups is 1. The van der Waals surface area contributed by atoms with Crippen molar-refractivity contribution in [3.05, 3.63) is 29.6 Å². The number of aliphatic hydroxyl groups is 1. The maximum Gasteiger partial charge on any atom is 0.318 e. The van der Waals surface area contributed by atoms with E-state index >= 15 is 0 Å². The molecule has 0 aromatic carbocycles. The molecule has 22 heavy (non-hydrogen) atoms. The smallest absolute Gasteiger partial charge is 0.318 e. The van der Waals surface area contributed by atoms with E-state index in [0.717, 1.165) is 17.7 Å². The van der Waals surface area contributed by atoms with Crippen molar-refractivity contribution in [1.82, 2.24) is 15.2 Å². The molecular formula is C17H27N3O2. The Bertz CT molecular complexity index is 518. The lowest BCUT2D eigenvalue weighted by Gasteiger charge is -2.35. The van der Waals surface area contributed by atoms with Gasteiger partial charge in [-0.1, -0.05) is 26.8 Å². The van der Waals surface area contributed by atoms with E-state index in [4.69, 9.17) is 0 Å². The lowest BCUT2D eigenvalue weighted by Crippen LogP contribution is -2.51. The van der Waals surface area contributed by atoms with Gasteiger partial charge in [-0.2, -0.15) is 0 Å². The number of hydrogen-bond donors (Lipinski definition) is 2. The molecule has 2 heterocycles. The lowest BCUT2D eigenvalue weighted by atomic mass is 9.95. The van der Waals surface area contributed by atoms with E-state index in [-0.39, 0.29) is 23.9 Å². The molecule has 1 aliphatic heterocycles. The highest BCUT2D eigenvalue weighted by molar-refractivity contribution is 5.75. The number of aromatic nitrogens is 1. The Hall–Kier alpha value is -1.62. The van der Waals surface area contributed by atoms with Crippen LogP contribution in [-0.2, 0) is 0 Å². The molecule has 5 nitrogen and oxygen atoms in total. The van der Waals surface area contributed by atoms with Gasteiger partial charge in [0.05, 0.1) is 17.8 Å². The number of rotatable bonds is 3. The number of carbonyl (C=O) groups excluding carboxylic acids is 1. The Morgan fingerprint density at radius 1 is 1.50 bits per heavy atom. The molecule has 1 aromatic rings. The molecule has 1 fully saturated rings. The van der Waals surface area contributed by atoms with Crippen molar-refractivity contribution in [2.75, 3.05) is 13.1 Å². The zero-order valence-electron chi connectivity index (χ0n) is 13.9. The van der Waals surface area contributed by atoms with Crippen LogP contribution < -0.4 is 5.32 Å². The Morgan fingerprint density at radius 3 is 2.82 bits per heavy atom. The number of amides is 2. The lowest BCUT2D eigenvalue weighted by molar-refractivity contribution is 0.0426. The van der Waals surface area contributed by atoms with Gasteiger partial charge in [-0.3, -0.25) is 4.98 Å². The van der Waals surface area contributed by atoms with Crippen molar-refractivity contribution in [2.45, 2.75) is 46.3 Å². The summed E-state index contributed by atoms with van der Waals surface area (Å²) in [4.78, 5) is 18.7. The van der Waals surface area contributed by atoms with Gasteiger partial charge in [0, 0.05) is 19.3 Å². The summed E-state index contributed by atoms with van der Waals surface area (Å²) in [6.45, 7) is 9.28. The zero-order chi connectivity index (χ0) is 16.3. The number of likely N-dealkylation sites (tertiary alicyclic amines) is 1. The summed E-state index contributed by atoms with van der Waals surface area (Å²) in [5, 5.41) is 13.1. The molecule has 1 aliphatic rings. The predicted octanol–water partition coefficient (Wildman–Crippen LogP) is 2.50. The van der Waals surface area contributed by atoms with Crippen LogP contribution in [0.25, 0.3) is 0 Å². The largest absolute Gasteiger partial charge is 0.391 e. The molecule has 2 amide bonds. The number of urea groups is 1. The van der Waals surface area contributed by atoms with E-state index in [1.807, 2.05) is 26.0 Å². The van der Waals surface area contributed by atoms with Gasteiger partial charge in [0.1, 0.15) is 0 Å². The molecule has 2 rings (SSSR count). The average molecular weight is 305 g/mol. The zero-order valence-corrected chi connectivity index (χ0v) is 13.9. The average Bonchev–Trinajstić information content (AvgIpc) is 2.48. The third kappa shape index (κ3) is 3.77. The van der Waals surface area contributed by atoms with Crippen LogP contribution in [0.4, 0.5) is 4.79 Å². The molecule has 0 saturated carbocycles. The summed E-state index contributed by atoms with van der Waals surface area (Å²) in [5.74, 6) is 0.495. The van der Waals surface area contributed by atoms with Gasteiger partial charge >= 0.3 is 6.03 Å². The van der Waals surface area contributed by atoms with Gasteiger partial charge in [0.2, 0.25) is 0 Å². The van der Waals surface area contributed by atoms with E-state index in [1.165, 1.54) is 0 Å². The van der Waals surface area contributed by atoms with E-state index in [9.17, 15) is 9.90 Å². The SMILES string of the molecule is Cc1cccnc1C(NC(=O)N1CCC(C)C(O)C1)C(C)C. The van der Waals surface area contributed by atoms with Crippen LogP contribution in [0, 0.1) is 18.8 Å². The van der Waals surface area contributed by atoms with Gasteiger partial charge in [-0.05, 0) is 36.8 Å². The Morgan fingerprint density at radius 2 is 2.23 bits per heavy atom. The second kappa shape index (κ2) is 7.09. The molecule has 0 bridgehead atoms. The molecular weight excluding hydrogens is 278 g/mol. The summed E-state index contributed by atoms with van der Waals surface area (Å²) >= 11 is 0. The standard InChI is InChI=1S/C17H27N3O2/c1-11(2)15(16-13(4)6-5-8-18-16)19-17(22)20-9-7-12(3)14(21)10-20/h5-6,8,11-12,14-15,21H,7,9-10H2,1-4H3,(H,19,22). The fourth-order valence-electron chi connectivity index (χ4n) is 2.83. The van der Waals surface area contributed by atoms with Gasteiger partial charge in [-0.25, -0.2) is 4.79 Å². The predicted molar refractivity (Wildman–Crippen MR) is 86.4 cm³/mol. The summed E-state index contributed by atoms with van der Waals surface area (Å²) in [7, 11) is 0. The molecule has 0 radical (unpaired) electrons. The number of aliphatic hydroxyl groups excluding tert-OH is 1. The van der Waals surface area contributed by atoms with Crippen LogP contribution in [0.15, 0.2) is 18.3 Å².